The van der Waals surface area contributed by atoms with Gasteiger partial charge in [0.05, 0.1) is 0 Å². The maximum atomic E-state index is 10.6. The molecule has 0 N–H and O–H groups in total. The van der Waals surface area contributed by atoms with E-state index in [1.54, 1.807) is 0 Å². The summed E-state index contributed by atoms with van der Waals surface area (Å²) in [6, 6.07) is 0. The van der Waals surface area contributed by atoms with E-state index in [0.29, 0.717) is 5.92 Å². The molecule has 0 amide bonds. The largest absolute Gasteiger partial charge is 0.353 e. The normalized spacial score (nSPS) is 34.5. The summed E-state index contributed by atoms with van der Waals surface area (Å²) in [4.78, 5) is 10.6. The van der Waals surface area contributed by atoms with Crippen molar-refractivity contribution >= 4 is 6.29 Å². The van der Waals surface area contributed by atoms with Crippen molar-refractivity contribution in [3.63, 3.8) is 0 Å². The summed E-state index contributed by atoms with van der Waals surface area (Å²) in [5.41, 5.74) is 0. The average Bonchev–Trinajstić information content (AvgIpc) is 2.41. The van der Waals surface area contributed by atoms with Gasteiger partial charge >= 0.3 is 0 Å². The highest BCUT2D eigenvalue weighted by Gasteiger charge is 2.21. The second-order valence-corrected chi connectivity index (χ2v) is 5.37. The van der Waals surface area contributed by atoms with E-state index < -0.39 is 0 Å². The van der Waals surface area contributed by atoms with E-state index in [1.165, 1.54) is 25.7 Å². The van der Waals surface area contributed by atoms with E-state index in [4.69, 9.17) is 9.47 Å². The number of hydrogen-bond donors (Lipinski definition) is 0. The van der Waals surface area contributed by atoms with Crippen LogP contribution in [0.5, 0.6) is 0 Å². The number of carbonyl (C=O) groups is 1. The van der Waals surface area contributed by atoms with Crippen LogP contribution in [0, 0.1) is 11.8 Å². The minimum absolute atomic E-state index is 0.0510. The third-order valence-corrected chi connectivity index (χ3v) is 4.05. The van der Waals surface area contributed by atoms with Gasteiger partial charge in [-0.05, 0) is 57.3 Å². The fourth-order valence-electron chi connectivity index (χ4n) is 2.82. The van der Waals surface area contributed by atoms with Gasteiger partial charge in [0, 0.05) is 19.1 Å². The van der Waals surface area contributed by atoms with Crippen molar-refractivity contribution in [1.82, 2.24) is 0 Å². The van der Waals surface area contributed by atoms with Crippen LogP contribution in [-0.4, -0.2) is 25.8 Å². The molecule has 1 saturated heterocycles. The average molecular weight is 240 g/mol. The van der Waals surface area contributed by atoms with Crippen LogP contribution in [0.2, 0.25) is 0 Å². The molecule has 2 aliphatic rings. The van der Waals surface area contributed by atoms with Crippen LogP contribution >= 0.6 is 0 Å². The van der Waals surface area contributed by atoms with E-state index >= 15 is 0 Å². The SMILES string of the molecule is O=CC1CCC(CCO[C@@H]2CCCCO2)CC1. The van der Waals surface area contributed by atoms with Crippen molar-refractivity contribution in [1.29, 1.82) is 0 Å². The van der Waals surface area contributed by atoms with Crippen molar-refractivity contribution in [2.75, 3.05) is 13.2 Å². The standard InChI is InChI=1S/C14H24O3/c15-11-13-6-4-12(5-7-13)8-10-17-14-3-1-2-9-16-14/h11-14H,1-10H2/t12?,13?,14-/m1/s1. The Kier molecular flexibility index (Phi) is 5.46. The fraction of sp³-hybridized carbons (Fsp3) is 0.929. The zero-order valence-electron chi connectivity index (χ0n) is 10.6. The zero-order valence-corrected chi connectivity index (χ0v) is 10.6. The molecule has 1 atom stereocenters. The molecule has 2 rings (SSSR count). The summed E-state index contributed by atoms with van der Waals surface area (Å²) in [5, 5.41) is 0. The summed E-state index contributed by atoms with van der Waals surface area (Å²) in [7, 11) is 0. The number of ether oxygens (including phenoxy) is 2. The molecular weight excluding hydrogens is 216 g/mol. The quantitative estimate of drug-likeness (QED) is 0.693. The van der Waals surface area contributed by atoms with E-state index in [0.717, 1.165) is 51.1 Å². The summed E-state index contributed by atoms with van der Waals surface area (Å²) in [6.45, 7) is 1.68. The second kappa shape index (κ2) is 7.12. The van der Waals surface area contributed by atoms with Gasteiger partial charge in [-0.1, -0.05) is 0 Å². The predicted molar refractivity (Wildman–Crippen MR) is 65.7 cm³/mol. The molecule has 0 aromatic carbocycles. The molecule has 0 bridgehead atoms. The first-order valence-corrected chi connectivity index (χ1v) is 7.07. The van der Waals surface area contributed by atoms with Gasteiger partial charge in [-0.25, -0.2) is 0 Å². The molecular formula is C14H24O3. The number of rotatable bonds is 5. The van der Waals surface area contributed by atoms with Crippen molar-refractivity contribution in [2.45, 2.75) is 57.7 Å². The van der Waals surface area contributed by atoms with Gasteiger partial charge in [-0.3, -0.25) is 0 Å². The topological polar surface area (TPSA) is 35.5 Å². The van der Waals surface area contributed by atoms with Crippen molar-refractivity contribution in [2.24, 2.45) is 11.8 Å². The first-order valence-electron chi connectivity index (χ1n) is 7.07. The van der Waals surface area contributed by atoms with Crippen LogP contribution < -0.4 is 0 Å². The predicted octanol–water partition coefficient (Wildman–Crippen LogP) is 2.93. The molecule has 0 radical (unpaired) electrons. The van der Waals surface area contributed by atoms with Crippen molar-refractivity contribution in [3.8, 4) is 0 Å². The molecule has 3 heteroatoms. The lowest BCUT2D eigenvalue weighted by molar-refractivity contribution is -0.164. The van der Waals surface area contributed by atoms with Gasteiger partial charge in [-0.15, -0.1) is 0 Å². The summed E-state index contributed by atoms with van der Waals surface area (Å²) in [5.74, 6) is 1.09. The van der Waals surface area contributed by atoms with Gasteiger partial charge in [0.15, 0.2) is 6.29 Å². The van der Waals surface area contributed by atoms with E-state index in [9.17, 15) is 4.79 Å². The van der Waals surface area contributed by atoms with Crippen LogP contribution in [0.25, 0.3) is 0 Å². The number of carbonyl (C=O) groups excluding carboxylic acids is 1. The van der Waals surface area contributed by atoms with Gasteiger partial charge in [0.1, 0.15) is 6.29 Å². The van der Waals surface area contributed by atoms with Crippen LogP contribution in [0.3, 0.4) is 0 Å². The first kappa shape index (κ1) is 13.0. The van der Waals surface area contributed by atoms with Gasteiger partial charge in [-0.2, -0.15) is 0 Å². The van der Waals surface area contributed by atoms with Gasteiger partial charge in [0.2, 0.25) is 0 Å². The lowest BCUT2D eigenvalue weighted by Crippen LogP contribution is -2.24. The van der Waals surface area contributed by atoms with E-state index in [1.807, 2.05) is 0 Å². The minimum Gasteiger partial charge on any atom is -0.353 e. The summed E-state index contributed by atoms with van der Waals surface area (Å²) < 4.78 is 11.3. The number of aldehydes is 1. The van der Waals surface area contributed by atoms with E-state index in [-0.39, 0.29) is 6.29 Å². The van der Waals surface area contributed by atoms with Crippen LogP contribution in [0.1, 0.15) is 51.4 Å². The first-order chi connectivity index (χ1) is 8.38. The van der Waals surface area contributed by atoms with Crippen LogP contribution in [0.15, 0.2) is 0 Å². The lowest BCUT2D eigenvalue weighted by atomic mass is 9.81. The highest BCUT2D eigenvalue weighted by atomic mass is 16.7. The lowest BCUT2D eigenvalue weighted by Gasteiger charge is -2.27. The molecule has 2 fully saturated rings. The molecule has 0 aromatic rings. The summed E-state index contributed by atoms with van der Waals surface area (Å²) in [6.07, 6.45) is 10.3. The Labute approximate surface area is 104 Å². The molecule has 1 saturated carbocycles. The molecule has 17 heavy (non-hydrogen) atoms. The molecule has 0 unspecified atom stereocenters. The highest BCUT2D eigenvalue weighted by Crippen LogP contribution is 2.29. The molecule has 1 heterocycles. The Morgan fingerprint density at radius 2 is 1.94 bits per heavy atom. The third-order valence-electron chi connectivity index (χ3n) is 4.05. The summed E-state index contributed by atoms with van der Waals surface area (Å²) >= 11 is 0. The minimum atomic E-state index is 0.0510. The third kappa shape index (κ3) is 4.40. The Bertz CT molecular complexity index is 216. The van der Waals surface area contributed by atoms with Gasteiger partial charge in [0.25, 0.3) is 0 Å². The Hall–Kier alpha value is -0.410. The van der Waals surface area contributed by atoms with Crippen LogP contribution in [0.4, 0.5) is 0 Å². The fourth-order valence-corrected chi connectivity index (χ4v) is 2.82. The second-order valence-electron chi connectivity index (χ2n) is 5.37. The van der Waals surface area contributed by atoms with Crippen molar-refractivity contribution < 1.29 is 14.3 Å². The molecule has 1 aliphatic heterocycles. The molecule has 0 spiro atoms. The Balaban J connectivity index is 1.54. The zero-order chi connectivity index (χ0) is 11.9. The van der Waals surface area contributed by atoms with Crippen molar-refractivity contribution in [3.05, 3.63) is 0 Å². The molecule has 0 aromatic heterocycles. The molecule has 3 nitrogen and oxygen atoms in total. The Morgan fingerprint density at radius 3 is 2.59 bits per heavy atom. The Morgan fingerprint density at radius 1 is 1.12 bits per heavy atom. The van der Waals surface area contributed by atoms with E-state index in [2.05, 4.69) is 0 Å². The van der Waals surface area contributed by atoms with Gasteiger partial charge < -0.3 is 14.3 Å². The highest BCUT2D eigenvalue weighted by molar-refractivity contribution is 5.53. The smallest absolute Gasteiger partial charge is 0.157 e. The number of hydrogen-bond acceptors (Lipinski definition) is 3. The van der Waals surface area contributed by atoms with Crippen LogP contribution in [-0.2, 0) is 14.3 Å². The maximum absolute atomic E-state index is 10.6. The monoisotopic (exact) mass is 240 g/mol. The molecule has 1 aliphatic carbocycles. The maximum Gasteiger partial charge on any atom is 0.157 e. The molecule has 98 valence electrons.